The first-order chi connectivity index (χ1) is 6.68. The second-order valence-electron chi connectivity index (χ2n) is 3.69. The molecule has 0 aromatic carbocycles. The second-order valence-corrected chi connectivity index (χ2v) is 4.23. The van der Waals surface area contributed by atoms with Crippen molar-refractivity contribution >= 4 is 17.5 Å². The molecule has 1 heterocycles. The van der Waals surface area contributed by atoms with Gasteiger partial charge in [0.05, 0.1) is 6.54 Å². The van der Waals surface area contributed by atoms with E-state index in [1.807, 2.05) is 0 Å². The van der Waals surface area contributed by atoms with Gasteiger partial charge >= 0.3 is 0 Å². The zero-order valence-corrected chi connectivity index (χ0v) is 9.07. The second kappa shape index (κ2) is 6.04. The van der Waals surface area contributed by atoms with Gasteiger partial charge in [-0.15, -0.1) is 0 Å². The Hall–Kier alpha value is -0.540. The minimum atomic E-state index is 0.0821. The molecule has 1 aliphatic heterocycles. The summed E-state index contributed by atoms with van der Waals surface area (Å²) >= 11 is 5.55. The SMILES string of the molecule is C=C(Cl)CNC(=O)CC1CCNCC1. The molecule has 1 amide bonds. The highest BCUT2D eigenvalue weighted by atomic mass is 35.5. The Balaban J connectivity index is 2.15. The summed E-state index contributed by atoms with van der Waals surface area (Å²) in [5.74, 6) is 0.610. The normalized spacial score (nSPS) is 17.8. The van der Waals surface area contributed by atoms with Gasteiger partial charge in [0.1, 0.15) is 0 Å². The lowest BCUT2D eigenvalue weighted by molar-refractivity contribution is -0.122. The number of carbonyl (C=O) groups excluding carboxylic acids is 1. The zero-order valence-electron chi connectivity index (χ0n) is 8.31. The zero-order chi connectivity index (χ0) is 10.4. The fourth-order valence-corrected chi connectivity index (χ4v) is 1.68. The topological polar surface area (TPSA) is 41.1 Å². The molecule has 14 heavy (non-hydrogen) atoms. The summed E-state index contributed by atoms with van der Waals surface area (Å²) in [5.41, 5.74) is 0. The minimum Gasteiger partial charge on any atom is -0.351 e. The van der Waals surface area contributed by atoms with Crippen LogP contribution in [0.25, 0.3) is 0 Å². The molecule has 0 aliphatic carbocycles. The molecule has 1 rings (SSSR count). The number of halogens is 1. The summed E-state index contributed by atoms with van der Waals surface area (Å²) < 4.78 is 0. The van der Waals surface area contributed by atoms with Crippen LogP contribution in [-0.4, -0.2) is 25.5 Å². The predicted molar refractivity (Wildman–Crippen MR) is 58.2 cm³/mol. The summed E-state index contributed by atoms with van der Waals surface area (Å²) in [7, 11) is 0. The van der Waals surface area contributed by atoms with Crippen molar-refractivity contribution in [2.45, 2.75) is 19.3 Å². The molecule has 0 saturated carbocycles. The van der Waals surface area contributed by atoms with Crippen molar-refractivity contribution in [1.29, 1.82) is 0 Å². The van der Waals surface area contributed by atoms with Crippen LogP contribution in [0, 0.1) is 5.92 Å². The van der Waals surface area contributed by atoms with Crippen molar-refractivity contribution in [1.82, 2.24) is 10.6 Å². The van der Waals surface area contributed by atoms with Gasteiger partial charge in [-0.25, -0.2) is 0 Å². The van der Waals surface area contributed by atoms with Crippen molar-refractivity contribution in [2.75, 3.05) is 19.6 Å². The van der Waals surface area contributed by atoms with Gasteiger partial charge in [-0.2, -0.15) is 0 Å². The maximum atomic E-state index is 11.4. The van der Waals surface area contributed by atoms with E-state index in [1.54, 1.807) is 0 Å². The van der Waals surface area contributed by atoms with Crippen molar-refractivity contribution in [3.05, 3.63) is 11.6 Å². The molecular formula is C10H17ClN2O. The van der Waals surface area contributed by atoms with Gasteiger partial charge < -0.3 is 10.6 Å². The predicted octanol–water partition coefficient (Wildman–Crippen LogP) is 1.24. The Bertz CT molecular complexity index is 212. The van der Waals surface area contributed by atoms with E-state index < -0.39 is 0 Å². The van der Waals surface area contributed by atoms with Crippen LogP contribution in [0.5, 0.6) is 0 Å². The Morgan fingerprint density at radius 3 is 2.71 bits per heavy atom. The van der Waals surface area contributed by atoms with Gasteiger partial charge in [0.2, 0.25) is 5.91 Å². The third-order valence-corrected chi connectivity index (χ3v) is 2.54. The first-order valence-corrected chi connectivity index (χ1v) is 5.37. The maximum Gasteiger partial charge on any atom is 0.220 e. The highest BCUT2D eigenvalue weighted by molar-refractivity contribution is 6.29. The quantitative estimate of drug-likeness (QED) is 0.743. The van der Waals surface area contributed by atoms with Gasteiger partial charge in [-0.05, 0) is 31.8 Å². The third kappa shape index (κ3) is 4.63. The van der Waals surface area contributed by atoms with Crippen LogP contribution >= 0.6 is 11.6 Å². The van der Waals surface area contributed by atoms with E-state index in [1.165, 1.54) is 0 Å². The van der Waals surface area contributed by atoms with Crippen LogP contribution in [0.2, 0.25) is 0 Å². The van der Waals surface area contributed by atoms with Gasteiger partial charge in [-0.3, -0.25) is 4.79 Å². The average molecular weight is 217 g/mol. The number of amides is 1. The maximum absolute atomic E-state index is 11.4. The standard InChI is InChI=1S/C10H17ClN2O/c1-8(11)7-13-10(14)6-9-2-4-12-5-3-9/h9,12H,1-7H2,(H,13,14). The van der Waals surface area contributed by atoms with Crippen LogP contribution < -0.4 is 10.6 Å². The van der Waals surface area contributed by atoms with Crippen LogP contribution in [0.15, 0.2) is 11.6 Å². The average Bonchev–Trinajstić information content (AvgIpc) is 2.16. The lowest BCUT2D eigenvalue weighted by Crippen LogP contribution is -2.32. The number of carbonyl (C=O) groups is 1. The Kier molecular flexibility index (Phi) is 4.98. The summed E-state index contributed by atoms with van der Waals surface area (Å²) in [5, 5.41) is 6.49. The molecule has 0 spiro atoms. The highest BCUT2D eigenvalue weighted by Gasteiger charge is 2.16. The van der Waals surface area contributed by atoms with Crippen molar-refractivity contribution < 1.29 is 4.79 Å². The minimum absolute atomic E-state index is 0.0821. The van der Waals surface area contributed by atoms with Crippen LogP contribution in [0.1, 0.15) is 19.3 Å². The third-order valence-electron chi connectivity index (χ3n) is 2.41. The van der Waals surface area contributed by atoms with Crippen molar-refractivity contribution in [3.8, 4) is 0 Å². The van der Waals surface area contributed by atoms with E-state index >= 15 is 0 Å². The molecule has 0 bridgehead atoms. The number of nitrogens with one attached hydrogen (secondary N) is 2. The molecule has 3 nitrogen and oxygen atoms in total. The molecular weight excluding hydrogens is 200 g/mol. The first kappa shape index (κ1) is 11.5. The number of piperidine rings is 1. The van der Waals surface area contributed by atoms with Gasteiger partial charge in [-0.1, -0.05) is 18.2 Å². The largest absolute Gasteiger partial charge is 0.351 e. The van der Waals surface area contributed by atoms with Gasteiger partial charge in [0.15, 0.2) is 0 Å². The van der Waals surface area contributed by atoms with E-state index in [4.69, 9.17) is 11.6 Å². The molecule has 1 fully saturated rings. The summed E-state index contributed by atoms with van der Waals surface area (Å²) in [6.07, 6.45) is 2.80. The van der Waals surface area contributed by atoms with E-state index in [2.05, 4.69) is 17.2 Å². The highest BCUT2D eigenvalue weighted by Crippen LogP contribution is 2.15. The molecule has 0 unspecified atom stereocenters. The summed E-state index contributed by atoms with van der Waals surface area (Å²) in [6, 6.07) is 0. The van der Waals surface area contributed by atoms with Gasteiger partial charge in [0, 0.05) is 11.5 Å². The van der Waals surface area contributed by atoms with Crippen LogP contribution in [0.3, 0.4) is 0 Å². The van der Waals surface area contributed by atoms with E-state index in [-0.39, 0.29) is 5.91 Å². The Morgan fingerprint density at radius 1 is 1.50 bits per heavy atom. The molecule has 2 N–H and O–H groups in total. The van der Waals surface area contributed by atoms with E-state index in [9.17, 15) is 4.79 Å². The molecule has 4 heteroatoms. The molecule has 0 aromatic rings. The molecule has 80 valence electrons. The first-order valence-electron chi connectivity index (χ1n) is 4.99. The van der Waals surface area contributed by atoms with Crippen molar-refractivity contribution in [2.24, 2.45) is 5.92 Å². The van der Waals surface area contributed by atoms with E-state index in [0.717, 1.165) is 25.9 Å². The Labute approximate surface area is 89.9 Å². The van der Waals surface area contributed by atoms with E-state index in [0.29, 0.717) is 23.9 Å². The molecule has 1 saturated heterocycles. The van der Waals surface area contributed by atoms with Crippen LogP contribution in [-0.2, 0) is 4.79 Å². The molecule has 0 radical (unpaired) electrons. The van der Waals surface area contributed by atoms with Gasteiger partial charge in [0.25, 0.3) is 0 Å². The molecule has 0 aromatic heterocycles. The number of rotatable bonds is 4. The molecule has 0 atom stereocenters. The number of hydrogen-bond acceptors (Lipinski definition) is 2. The summed E-state index contributed by atoms with van der Waals surface area (Å²) in [4.78, 5) is 11.4. The summed E-state index contributed by atoms with van der Waals surface area (Å²) in [6.45, 7) is 5.95. The Morgan fingerprint density at radius 2 is 2.14 bits per heavy atom. The van der Waals surface area contributed by atoms with Crippen molar-refractivity contribution in [3.63, 3.8) is 0 Å². The van der Waals surface area contributed by atoms with Crippen LogP contribution in [0.4, 0.5) is 0 Å². The fraction of sp³-hybridized carbons (Fsp3) is 0.700. The number of hydrogen-bond donors (Lipinski definition) is 2. The lowest BCUT2D eigenvalue weighted by Gasteiger charge is -2.21. The lowest BCUT2D eigenvalue weighted by atomic mass is 9.94. The monoisotopic (exact) mass is 216 g/mol. The fourth-order valence-electron chi connectivity index (χ4n) is 1.61. The molecule has 1 aliphatic rings. The smallest absolute Gasteiger partial charge is 0.220 e.